The molecule has 0 bridgehead atoms. The van der Waals surface area contributed by atoms with Crippen molar-refractivity contribution in [3.63, 3.8) is 0 Å². The number of nitrogens with zero attached hydrogens (tertiary/aromatic N) is 3. The molecule has 0 radical (unpaired) electrons. The van der Waals surface area contributed by atoms with Crippen LogP contribution in [0.5, 0.6) is 0 Å². The van der Waals surface area contributed by atoms with Gasteiger partial charge in [0.25, 0.3) is 5.91 Å². The molecule has 1 unspecified atom stereocenters. The van der Waals surface area contributed by atoms with E-state index in [1.165, 1.54) is 17.3 Å². The lowest BCUT2D eigenvalue weighted by atomic mass is 10.1. The summed E-state index contributed by atoms with van der Waals surface area (Å²) in [4.78, 5) is 22.3. The molecule has 1 saturated heterocycles. The van der Waals surface area contributed by atoms with Crippen molar-refractivity contribution in [2.45, 2.75) is 18.6 Å². The van der Waals surface area contributed by atoms with Crippen molar-refractivity contribution < 1.29 is 13.2 Å². The molecule has 0 spiro atoms. The van der Waals surface area contributed by atoms with Crippen LogP contribution < -0.4 is 0 Å². The molecule has 6 nitrogen and oxygen atoms in total. The van der Waals surface area contributed by atoms with E-state index in [2.05, 4.69) is 9.97 Å². The van der Waals surface area contributed by atoms with Crippen molar-refractivity contribution in [3.8, 4) is 0 Å². The first-order valence-corrected chi connectivity index (χ1v) is 10.0. The molecule has 0 N–H and O–H groups in total. The molecule has 3 rings (SSSR count). The molecule has 1 amide bonds. The van der Waals surface area contributed by atoms with Crippen LogP contribution in [0.2, 0.25) is 5.02 Å². The van der Waals surface area contributed by atoms with Crippen LogP contribution in [0.15, 0.2) is 36.7 Å². The zero-order chi connectivity index (χ0) is 18.0. The molecule has 132 valence electrons. The smallest absolute Gasteiger partial charge is 0.274 e. The average Bonchev–Trinajstić information content (AvgIpc) is 2.74. The fourth-order valence-electron chi connectivity index (χ4n) is 2.90. The van der Waals surface area contributed by atoms with Crippen LogP contribution in [0.4, 0.5) is 0 Å². The lowest BCUT2D eigenvalue weighted by Crippen LogP contribution is -2.34. The first-order valence-electron chi connectivity index (χ1n) is 7.92. The summed E-state index contributed by atoms with van der Waals surface area (Å²) in [5, 5.41) is -0.275. The summed E-state index contributed by atoms with van der Waals surface area (Å²) in [5.41, 5.74) is 1.53. The van der Waals surface area contributed by atoms with Crippen molar-refractivity contribution in [1.82, 2.24) is 14.9 Å². The van der Waals surface area contributed by atoms with Crippen LogP contribution in [-0.2, 0) is 9.84 Å². The molecule has 1 aromatic heterocycles. The zero-order valence-corrected chi connectivity index (χ0v) is 15.3. The molecular weight excluding hydrogens is 362 g/mol. The number of hydrogen-bond acceptors (Lipinski definition) is 5. The highest BCUT2D eigenvalue weighted by Gasteiger charge is 2.34. The van der Waals surface area contributed by atoms with Gasteiger partial charge < -0.3 is 4.90 Å². The van der Waals surface area contributed by atoms with Gasteiger partial charge in [0.1, 0.15) is 5.69 Å². The minimum absolute atomic E-state index is 0.103. The van der Waals surface area contributed by atoms with Crippen LogP contribution >= 0.6 is 11.6 Å². The van der Waals surface area contributed by atoms with Gasteiger partial charge in [-0.15, -0.1) is 0 Å². The molecule has 0 aliphatic carbocycles. The van der Waals surface area contributed by atoms with E-state index in [1.807, 2.05) is 0 Å². The number of sulfone groups is 1. The Morgan fingerprint density at radius 1 is 1.20 bits per heavy atom. The maximum Gasteiger partial charge on any atom is 0.274 e. The number of aromatic nitrogens is 2. The lowest BCUT2D eigenvalue weighted by Gasteiger charge is -2.19. The largest absolute Gasteiger partial charge is 0.336 e. The summed E-state index contributed by atoms with van der Waals surface area (Å²) in [6.45, 7) is 2.25. The van der Waals surface area contributed by atoms with Gasteiger partial charge in [0.2, 0.25) is 0 Å². The predicted molar refractivity (Wildman–Crippen MR) is 95.3 cm³/mol. The van der Waals surface area contributed by atoms with Gasteiger partial charge in [0, 0.05) is 24.3 Å². The van der Waals surface area contributed by atoms with E-state index in [0.29, 0.717) is 29.2 Å². The Hall–Kier alpha value is -1.99. The number of carbonyl (C=O) groups excluding carboxylic acids is 1. The molecule has 2 heterocycles. The van der Waals surface area contributed by atoms with Gasteiger partial charge in [0.15, 0.2) is 9.84 Å². The number of hydrogen-bond donors (Lipinski definition) is 0. The van der Waals surface area contributed by atoms with Gasteiger partial charge in [-0.1, -0.05) is 29.8 Å². The zero-order valence-electron chi connectivity index (χ0n) is 13.7. The second-order valence-corrected chi connectivity index (χ2v) is 8.71. The lowest BCUT2D eigenvalue weighted by molar-refractivity contribution is 0.0760. The van der Waals surface area contributed by atoms with E-state index in [4.69, 9.17) is 11.6 Å². The van der Waals surface area contributed by atoms with Gasteiger partial charge in [-0.2, -0.15) is 0 Å². The second-order valence-electron chi connectivity index (χ2n) is 6.00. The third-order valence-electron chi connectivity index (χ3n) is 4.28. The Morgan fingerprint density at radius 2 is 1.96 bits per heavy atom. The molecule has 1 atom stereocenters. The number of halogens is 1. The van der Waals surface area contributed by atoms with Gasteiger partial charge in [-0.25, -0.2) is 13.4 Å². The SMILES string of the molecule is Cc1cnc(C(=O)N2CCC(c3ccccc3Cl)S(=O)(=O)CC2)cn1. The van der Waals surface area contributed by atoms with E-state index < -0.39 is 15.1 Å². The van der Waals surface area contributed by atoms with Gasteiger partial charge in [-0.3, -0.25) is 9.78 Å². The van der Waals surface area contributed by atoms with E-state index in [1.54, 1.807) is 31.2 Å². The Balaban J connectivity index is 1.84. The number of benzene rings is 1. The summed E-state index contributed by atoms with van der Waals surface area (Å²) in [6.07, 6.45) is 3.24. The highest BCUT2D eigenvalue weighted by Crippen LogP contribution is 2.33. The molecule has 1 aliphatic heterocycles. The Labute approximate surface area is 151 Å². The van der Waals surface area contributed by atoms with Crippen LogP contribution in [0.3, 0.4) is 0 Å². The van der Waals surface area contributed by atoms with E-state index in [9.17, 15) is 13.2 Å². The first-order chi connectivity index (χ1) is 11.9. The number of rotatable bonds is 2. The van der Waals surface area contributed by atoms with Crippen LogP contribution in [-0.4, -0.2) is 48.0 Å². The summed E-state index contributed by atoms with van der Waals surface area (Å²) in [7, 11) is -3.41. The maximum atomic E-state index is 12.7. The normalized spacial score (nSPS) is 20.1. The minimum atomic E-state index is -3.41. The van der Waals surface area contributed by atoms with E-state index in [-0.39, 0.29) is 23.9 Å². The quantitative estimate of drug-likeness (QED) is 0.800. The van der Waals surface area contributed by atoms with Gasteiger partial charge >= 0.3 is 0 Å². The van der Waals surface area contributed by atoms with Crippen molar-refractivity contribution in [2.24, 2.45) is 0 Å². The minimum Gasteiger partial charge on any atom is -0.336 e. The monoisotopic (exact) mass is 379 g/mol. The number of carbonyl (C=O) groups is 1. The van der Waals surface area contributed by atoms with Crippen LogP contribution in [0.25, 0.3) is 0 Å². The molecule has 2 aromatic rings. The van der Waals surface area contributed by atoms with Crippen molar-refractivity contribution in [2.75, 3.05) is 18.8 Å². The van der Waals surface area contributed by atoms with Crippen molar-refractivity contribution in [1.29, 1.82) is 0 Å². The number of amides is 1. The standard InChI is InChI=1S/C17H18ClN3O3S/c1-12-10-20-15(11-19-12)17(22)21-7-6-16(25(23,24)9-8-21)13-4-2-3-5-14(13)18/h2-5,10-11,16H,6-9H2,1H3. The molecule has 0 saturated carbocycles. The fraction of sp³-hybridized carbons (Fsp3) is 0.353. The van der Waals surface area contributed by atoms with Crippen LogP contribution in [0, 0.1) is 6.92 Å². The summed E-state index contributed by atoms with van der Waals surface area (Å²) in [5.74, 6) is -0.406. The van der Waals surface area contributed by atoms with Crippen molar-refractivity contribution >= 4 is 27.3 Å². The average molecular weight is 380 g/mol. The molecule has 1 aliphatic rings. The van der Waals surface area contributed by atoms with Crippen LogP contribution in [0.1, 0.15) is 33.4 Å². The maximum absolute atomic E-state index is 12.7. The summed E-state index contributed by atoms with van der Waals surface area (Å²) < 4.78 is 25.4. The number of aryl methyl sites for hydroxylation is 1. The Morgan fingerprint density at radius 3 is 2.64 bits per heavy atom. The second kappa shape index (κ2) is 7.09. The Kier molecular flexibility index (Phi) is 5.06. The fourth-order valence-corrected chi connectivity index (χ4v) is 5.05. The topological polar surface area (TPSA) is 80.2 Å². The molecule has 8 heteroatoms. The highest BCUT2D eigenvalue weighted by atomic mass is 35.5. The van der Waals surface area contributed by atoms with Gasteiger partial charge in [-0.05, 0) is 25.0 Å². The first kappa shape index (κ1) is 17.8. The molecule has 25 heavy (non-hydrogen) atoms. The summed E-state index contributed by atoms with van der Waals surface area (Å²) >= 11 is 6.18. The predicted octanol–water partition coefficient (Wildman–Crippen LogP) is 2.44. The van der Waals surface area contributed by atoms with E-state index in [0.717, 1.165) is 0 Å². The Bertz CT molecular complexity index is 884. The van der Waals surface area contributed by atoms with E-state index >= 15 is 0 Å². The highest BCUT2D eigenvalue weighted by molar-refractivity contribution is 7.91. The third-order valence-corrected chi connectivity index (χ3v) is 6.73. The van der Waals surface area contributed by atoms with Gasteiger partial charge in [0.05, 0.1) is 22.9 Å². The molecular formula is C17H18ClN3O3S. The third kappa shape index (κ3) is 3.82. The molecule has 1 fully saturated rings. The van der Waals surface area contributed by atoms with Crippen molar-refractivity contribution in [3.05, 3.63) is 58.6 Å². The summed E-state index contributed by atoms with van der Waals surface area (Å²) in [6, 6.07) is 6.95. The molecule has 1 aromatic carbocycles.